The number of amides is 1. The highest BCUT2D eigenvalue weighted by atomic mass is 32.2. The van der Waals surface area contributed by atoms with Crippen molar-refractivity contribution in [1.29, 1.82) is 0 Å². The molecule has 0 bridgehead atoms. The SMILES string of the molecule is COC(=O)NS(=O)(=O)N1CCC(CCC(=O)O)C1. The highest BCUT2D eigenvalue weighted by Gasteiger charge is 2.32. The van der Waals surface area contributed by atoms with Gasteiger partial charge in [0, 0.05) is 19.5 Å². The van der Waals surface area contributed by atoms with E-state index in [1.807, 2.05) is 0 Å². The second-order valence-corrected chi connectivity index (χ2v) is 5.71. The molecular weight excluding hydrogens is 264 g/mol. The lowest BCUT2D eigenvalue weighted by molar-refractivity contribution is -0.137. The number of hydrogen-bond acceptors (Lipinski definition) is 5. The molecule has 18 heavy (non-hydrogen) atoms. The second-order valence-electron chi connectivity index (χ2n) is 4.04. The van der Waals surface area contributed by atoms with Crippen molar-refractivity contribution >= 4 is 22.3 Å². The van der Waals surface area contributed by atoms with Crippen LogP contribution in [0.1, 0.15) is 19.3 Å². The molecule has 0 aromatic rings. The summed E-state index contributed by atoms with van der Waals surface area (Å²) in [6.07, 6.45) is 0.00163. The Morgan fingerprint density at radius 2 is 2.17 bits per heavy atom. The lowest BCUT2D eigenvalue weighted by Crippen LogP contribution is -2.42. The highest BCUT2D eigenvalue weighted by molar-refractivity contribution is 7.87. The zero-order valence-electron chi connectivity index (χ0n) is 9.96. The summed E-state index contributed by atoms with van der Waals surface area (Å²) in [5, 5.41) is 8.55. The van der Waals surface area contributed by atoms with Gasteiger partial charge in [-0.15, -0.1) is 0 Å². The monoisotopic (exact) mass is 280 g/mol. The first-order valence-electron chi connectivity index (χ1n) is 5.43. The topological polar surface area (TPSA) is 113 Å². The van der Waals surface area contributed by atoms with Gasteiger partial charge in [0.15, 0.2) is 0 Å². The molecule has 2 N–H and O–H groups in total. The van der Waals surface area contributed by atoms with Gasteiger partial charge in [0.05, 0.1) is 7.11 Å². The minimum absolute atomic E-state index is 0.00956. The normalized spacial score (nSPS) is 20.6. The molecule has 0 radical (unpaired) electrons. The van der Waals surface area contributed by atoms with Gasteiger partial charge in [0.1, 0.15) is 0 Å². The van der Waals surface area contributed by atoms with E-state index in [4.69, 9.17) is 5.11 Å². The molecule has 0 aliphatic carbocycles. The van der Waals surface area contributed by atoms with Gasteiger partial charge >= 0.3 is 22.3 Å². The first-order chi connectivity index (χ1) is 8.35. The average molecular weight is 280 g/mol. The molecule has 1 fully saturated rings. The van der Waals surface area contributed by atoms with E-state index in [9.17, 15) is 18.0 Å². The summed E-state index contributed by atoms with van der Waals surface area (Å²) in [5.41, 5.74) is 0. The van der Waals surface area contributed by atoms with Crippen LogP contribution in [-0.4, -0.2) is 50.1 Å². The number of carbonyl (C=O) groups is 2. The van der Waals surface area contributed by atoms with Crippen LogP contribution in [0.15, 0.2) is 0 Å². The maximum Gasteiger partial charge on any atom is 0.421 e. The molecule has 0 aromatic carbocycles. The third-order valence-corrected chi connectivity index (χ3v) is 4.19. The standard InChI is InChI=1S/C9H16N2O6S/c1-17-9(14)10-18(15,16)11-5-4-7(6-11)2-3-8(12)13/h7H,2-6H2,1H3,(H,10,14)(H,12,13). The molecule has 0 saturated carbocycles. The Bertz CT molecular complexity index is 421. The lowest BCUT2D eigenvalue weighted by Gasteiger charge is -2.16. The number of ether oxygens (including phenoxy) is 1. The van der Waals surface area contributed by atoms with E-state index < -0.39 is 22.3 Å². The van der Waals surface area contributed by atoms with Gasteiger partial charge in [-0.2, -0.15) is 12.7 Å². The molecule has 1 atom stereocenters. The van der Waals surface area contributed by atoms with E-state index in [1.54, 1.807) is 4.72 Å². The number of carboxylic acid groups (broad SMARTS) is 1. The Hall–Kier alpha value is -1.35. The number of nitrogens with one attached hydrogen (secondary N) is 1. The van der Waals surface area contributed by atoms with E-state index in [0.717, 1.165) is 11.4 Å². The van der Waals surface area contributed by atoms with E-state index in [2.05, 4.69) is 4.74 Å². The Labute approximate surface area is 105 Å². The molecule has 9 heteroatoms. The summed E-state index contributed by atoms with van der Waals surface area (Å²) >= 11 is 0. The lowest BCUT2D eigenvalue weighted by atomic mass is 10.0. The molecule has 1 aliphatic rings. The molecule has 1 unspecified atom stereocenters. The van der Waals surface area contributed by atoms with Gasteiger partial charge in [0.25, 0.3) is 0 Å². The van der Waals surface area contributed by atoms with Gasteiger partial charge in [-0.1, -0.05) is 0 Å². The van der Waals surface area contributed by atoms with Crippen LogP contribution < -0.4 is 4.72 Å². The molecule has 0 spiro atoms. The summed E-state index contributed by atoms with van der Waals surface area (Å²) in [7, 11) is -2.81. The molecule has 8 nitrogen and oxygen atoms in total. The van der Waals surface area contributed by atoms with Crippen LogP contribution in [0.25, 0.3) is 0 Å². The Kier molecular flexibility index (Phi) is 4.91. The first kappa shape index (κ1) is 14.7. The van der Waals surface area contributed by atoms with E-state index in [-0.39, 0.29) is 25.4 Å². The predicted molar refractivity (Wildman–Crippen MR) is 61.0 cm³/mol. The van der Waals surface area contributed by atoms with Gasteiger partial charge in [-0.3, -0.25) is 4.79 Å². The van der Waals surface area contributed by atoms with Crippen LogP contribution in [0.5, 0.6) is 0 Å². The maximum atomic E-state index is 11.7. The third-order valence-electron chi connectivity index (χ3n) is 2.75. The largest absolute Gasteiger partial charge is 0.481 e. The number of aliphatic carboxylic acids is 1. The minimum atomic E-state index is -3.88. The van der Waals surface area contributed by atoms with Crippen molar-refractivity contribution in [3.8, 4) is 0 Å². The molecule has 1 rings (SSSR count). The molecule has 0 aromatic heterocycles. The number of hydrogen-bond donors (Lipinski definition) is 2. The predicted octanol–water partition coefficient (Wildman–Crippen LogP) is -0.226. The number of rotatable bonds is 5. The van der Waals surface area contributed by atoms with Crippen LogP contribution in [0, 0.1) is 5.92 Å². The number of methoxy groups -OCH3 is 1. The quantitative estimate of drug-likeness (QED) is 0.719. The third kappa shape index (κ3) is 4.15. The fourth-order valence-corrected chi connectivity index (χ4v) is 2.97. The molecule has 1 amide bonds. The summed E-state index contributed by atoms with van der Waals surface area (Å²) in [6.45, 7) is 0.496. The average Bonchev–Trinajstić information content (AvgIpc) is 2.75. The van der Waals surface area contributed by atoms with Gasteiger partial charge in [-0.05, 0) is 18.8 Å². The van der Waals surface area contributed by atoms with E-state index >= 15 is 0 Å². The molecule has 1 heterocycles. The molecule has 1 saturated heterocycles. The van der Waals surface area contributed by atoms with Crippen molar-refractivity contribution in [2.45, 2.75) is 19.3 Å². The molecular formula is C9H16N2O6S. The van der Waals surface area contributed by atoms with Crippen LogP contribution in [0.4, 0.5) is 4.79 Å². The number of carbonyl (C=O) groups excluding carboxylic acids is 1. The zero-order valence-corrected chi connectivity index (χ0v) is 10.8. The van der Waals surface area contributed by atoms with Crippen molar-refractivity contribution in [3.63, 3.8) is 0 Å². The fourth-order valence-electron chi connectivity index (χ4n) is 1.79. The van der Waals surface area contributed by atoms with Crippen LogP contribution in [0.2, 0.25) is 0 Å². The second kappa shape index (κ2) is 6.01. The number of nitrogens with zero attached hydrogens (tertiary/aromatic N) is 1. The van der Waals surface area contributed by atoms with Gasteiger partial charge in [0.2, 0.25) is 0 Å². The van der Waals surface area contributed by atoms with Crippen molar-refractivity contribution in [3.05, 3.63) is 0 Å². The van der Waals surface area contributed by atoms with E-state index in [1.165, 1.54) is 0 Å². The minimum Gasteiger partial charge on any atom is -0.481 e. The van der Waals surface area contributed by atoms with Gasteiger partial charge in [-0.25, -0.2) is 9.52 Å². The summed E-state index contributed by atoms with van der Waals surface area (Å²) in [6, 6.07) is 0. The van der Waals surface area contributed by atoms with Crippen LogP contribution >= 0.6 is 0 Å². The Morgan fingerprint density at radius 3 is 2.72 bits per heavy atom. The molecule has 1 aliphatic heterocycles. The zero-order chi connectivity index (χ0) is 13.8. The first-order valence-corrected chi connectivity index (χ1v) is 6.87. The summed E-state index contributed by atoms with van der Waals surface area (Å²) in [4.78, 5) is 21.3. The van der Waals surface area contributed by atoms with Crippen LogP contribution in [-0.2, 0) is 19.7 Å². The number of carboxylic acids is 1. The van der Waals surface area contributed by atoms with Crippen LogP contribution in [0.3, 0.4) is 0 Å². The fraction of sp³-hybridized carbons (Fsp3) is 0.778. The summed E-state index contributed by atoms with van der Waals surface area (Å²) in [5.74, 6) is -0.890. The summed E-state index contributed by atoms with van der Waals surface area (Å²) < 4.78 is 30.5. The van der Waals surface area contributed by atoms with Crippen molar-refractivity contribution < 1.29 is 27.9 Å². The maximum absolute atomic E-state index is 11.7. The highest BCUT2D eigenvalue weighted by Crippen LogP contribution is 2.22. The van der Waals surface area contributed by atoms with E-state index in [0.29, 0.717) is 12.8 Å². The van der Waals surface area contributed by atoms with Crippen molar-refractivity contribution in [2.24, 2.45) is 5.92 Å². The van der Waals surface area contributed by atoms with Gasteiger partial charge < -0.3 is 9.84 Å². The Morgan fingerprint density at radius 1 is 1.50 bits per heavy atom. The van der Waals surface area contributed by atoms with Crippen molar-refractivity contribution in [1.82, 2.24) is 9.03 Å². The smallest absolute Gasteiger partial charge is 0.421 e. The van der Waals surface area contributed by atoms with Crippen molar-refractivity contribution in [2.75, 3.05) is 20.2 Å². The Balaban J connectivity index is 2.50. The molecule has 104 valence electrons.